The Morgan fingerprint density at radius 3 is 2.71 bits per heavy atom. The summed E-state index contributed by atoms with van der Waals surface area (Å²) in [5.74, 6) is 0.239. The lowest BCUT2D eigenvalue weighted by Gasteiger charge is -2.24. The van der Waals surface area contributed by atoms with Crippen molar-refractivity contribution in [2.75, 3.05) is 23.9 Å². The molecule has 0 aromatic carbocycles. The summed E-state index contributed by atoms with van der Waals surface area (Å²) in [4.78, 5) is 11.6. The van der Waals surface area contributed by atoms with Crippen molar-refractivity contribution in [2.24, 2.45) is 0 Å². The van der Waals surface area contributed by atoms with E-state index in [-0.39, 0.29) is 35.0 Å². The first-order valence-corrected chi connectivity index (χ1v) is 8.37. The number of rotatable bonds is 5. The second-order valence-corrected chi connectivity index (χ2v) is 8.37. The van der Waals surface area contributed by atoms with Crippen LogP contribution in [0.1, 0.15) is 20.3 Å². The van der Waals surface area contributed by atoms with E-state index < -0.39 is 15.4 Å². The van der Waals surface area contributed by atoms with Crippen LogP contribution in [0.15, 0.2) is 0 Å². The Kier molecular flexibility index (Phi) is 4.86. The summed E-state index contributed by atoms with van der Waals surface area (Å²) in [6.07, 6.45) is 0.474. The van der Waals surface area contributed by atoms with E-state index in [4.69, 9.17) is 5.11 Å². The molecule has 1 heterocycles. The fraction of sp³-hybridized carbons (Fsp3) is 0.900. The lowest BCUT2D eigenvalue weighted by molar-refractivity contribution is -0.120. The molecule has 2 unspecified atom stereocenters. The molecule has 1 fully saturated rings. The van der Waals surface area contributed by atoms with Crippen molar-refractivity contribution in [3.05, 3.63) is 0 Å². The molecule has 0 spiro atoms. The lowest BCUT2D eigenvalue weighted by atomic mass is 10.0. The third-order valence-corrected chi connectivity index (χ3v) is 5.75. The molecule has 0 aliphatic carbocycles. The largest absolute Gasteiger partial charge is 0.395 e. The van der Waals surface area contributed by atoms with E-state index in [1.54, 1.807) is 6.92 Å². The number of aliphatic hydroxyl groups excluding tert-OH is 1. The number of thioether (sulfide) groups is 1. The molecular formula is C10H19NO4S2. The maximum Gasteiger partial charge on any atom is 0.230 e. The van der Waals surface area contributed by atoms with Crippen LogP contribution < -0.4 is 5.32 Å². The number of nitrogens with one attached hydrogen (secondary N) is 1. The van der Waals surface area contributed by atoms with Gasteiger partial charge in [0, 0.05) is 5.25 Å². The van der Waals surface area contributed by atoms with Gasteiger partial charge in [-0.15, -0.1) is 11.8 Å². The molecule has 1 aliphatic rings. The number of carbonyl (C=O) groups excluding carboxylic acids is 1. The van der Waals surface area contributed by atoms with Gasteiger partial charge in [0.15, 0.2) is 9.84 Å². The molecule has 1 rings (SSSR count). The minimum absolute atomic E-state index is 0.0147. The maximum absolute atomic E-state index is 11.6. The zero-order valence-electron chi connectivity index (χ0n) is 10.1. The summed E-state index contributed by atoms with van der Waals surface area (Å²) in [5.41, 5.74) is -0.626. The van der Waals surface area contributed by atoms with Gasteiger partial charge in [0.25, 0.3) is 0 Å². The molecule has 2 N–H and O–H groups in total. The van der Waals surface area contributed by atoms with Crippen molar-refractivity contribution < 1.29 is 18.3 Å². The minimum atomic E-state index is -3.00. The molecule has 0 aromatic heterocycles. The molecule has 1 saturated heterocycles. The van der Waals surface area contributed by atoms with Gasteiger partial charge in [-0.25, -0.2) is 8.42 Å². The number of carbonyl (C=O) groups is 1. The van der Waals surface area contributed by atoms with Crippen molar-refractivity contribution in [3.8, 4) is 0 Å². The smallest absolute Gasteiger partial charge is 0.230 e. The summed E-state index contributed by atoms with van der Waals surface area (Å²) < 4.78 is 22.7. The van der Waals surface area contributed by atoms with E-state index in [0.29, 0.717) is 6.42 Å². The molecule has 1 aliphatic heterocycles. The number of sulfone groups is 1. The van der Waals surface area contributed by atoms with Gasteiger partial charge in [-0.2, -0.15) is 0 Å². The summed E-state index contributed by atoms with van der Waals surface area (Å²) >= 11 is 1.35. The van der Waals surface area contributed by atoms with Crippen molar-refractivity contribution in [3.63, 3.8) is 0 Å². The quantitative estimate of drug-likeness (QED) is 0.729. The van der Waals surface area contributed by atoms with Gasteiger partial charge in [0.05, 0.1) is 29.4 Å². The first-order valence-electron chi connectivity index (χ1n) is 5.50. The van der Waals surface area contributed by atoms with E-state index in [0.717, 1.165) is 0 Å². The zero-order valence-corrected chi connectivity index (χ0v) is 11.7. The van der Waals surface area contributed by atoms with Crippen LogP contribution in [0, 0.1) is 0 Å². The topological polar surface area (TPSA) is 83.5 Å². The molecule has 0 bridgehead atoms. The van der Waals surface area contributed by atoms with E-state index in [2.05, 4.69) is 5.32 Å². The zero-order chi connectivity index (χ0) is 13.1. The van der Waals surface area contributed by atoms with Crippen LogP contribution in [0.3, 0.4) is 0 Å². The van der Waals surface area contributed by atoms with E-state index in [1.165, 1.54) is 11.8 Å². The van der Waals surface area contributed by atoms with Gasteiger partial charge in [-0.05, 0) is 13.3 Å². The highest BCUT2D eigenvalue weighted by atomic mass is 32.2. The first kappa shape index (κ1) is 14.8. The molecule has 5 nitrogen and oxygen atoms in total. The summed E-state index contributed by atoms with van der Waals surface area (Å²) in [5, 5.41) is 11.6. The Hall–Kier alpha value is -0.270. The van der Waals surface area contributed by atoms with Gasteiger partial charge in [-0.1, -0.05) is 6.92 Å². The molecule has 17 heavy (non-hydrogen) atoms. The van der Waals surface area contributed by atoms with Crippen LogP contribution in [-0.2, 0) is 14.6 Å². The normalized spacial score (nSPS) is 28.9. The van der Waals surface area contributed by atoms with Gasteiger partial charge < -0.3 is 10.4 Å². The molecule has 1 amide bonds. The van der Waals surface area contributed by atoms with Crippen molar-refractivity contribution >= 4 is 27.5 Å². The minimum Gasteiger partial charge on any atom is -0.395 e. The predicted octanol–water partition coefficient (Wildman–Crippen LogP) is -0.206. The molecule has 100 valence electrons. The van der Waals surface area contributed by atoms with Crippen LogP contribution in [0.25, 0.3) is 0 Å². The van der Waals surface area contributed by atoms with Gasteiger partial charge in [0.1, 0.15) is 0 Å². The lowest BCUT2D eigenvalue weighted by Crippen LogP contribution is -2.47. The average Bonchev–Trinajstić information content (AvgIpc) is 2.49. The van der Waals surface area contributed by atoms with Gasteiger partial charge in [-0.3, -0.25) is 4.79 Å². The second kappa shape index (κ2) is 5.58. The van der Waals surface area contributed by atoms with Crippen LogP contribution >= 0.6 is 11.8 Å². The Balaban J connectivity index is 2.41. The summed E-state index contributed by atoms with van der Waals surface area (Å²) in [6.45, 7) is 3.62. The molecule has 7 heteroatoms. The Morgan fingerprint density at radius 2 is 2.24 bits per heavy atom. The van der Waals surface area contributed by atoms with Crippen molar-refractivity contribution in [2.45, 2.75) is 31.1 Å². The molecule has 0 aromatic rings. The Bertz CT molecular complexity index is 382. The highest BCUT2D eigenvalue weighted by molar-refractivity contribution is 8.00. The van der Waals surface area contributed by atoms with E-state index in [1.807, 2.05) is 6.92 Å². The predicted molar refractivity (Wildman–Crippen MR) is 68.8 cm³/mol. The maximum atomic E-state index is 11.6. The average molecular weight is 281 g/mol. The van der Waals surface area contributed by atoms with Crippen LogP contribution in [0.4, 0.5) is 0 Å². The fourth-order valence-electron chi connectivity index (χ4n) is 1.75. The standard InChI is InChI=1S/C10H19NO4S2/c1-8(5-12)16-6-9(13)11-10(2)3-4-17(14,15)7-10/h8,12H,3-7H2,1-2H3,(H,11,13). The van der Waals surface area contributed by atoms with Gasteiger partial charge >= 0.3 is 0 Å². The van der Waals surface area contributed by atoms with Gasteiger partial charge in [0.2, 0.25) is 5.91 Å². The fourth-order valence-corrected chi connectivity index (χ4v) is 4.46. The van der Waals surface area contributed by atoms with Crippen LogP contribution in [-0.4, -0.2) is 54.1 Å². The number of hydrogen-bond donors (Lipinski definition) is 2. The number of aliphatic hydroxyl groups is 1. The third-order valence-electron chi connectivity index (χ3n) is 2.70. The highest BCUT2D eigenvalue weighted by Crippen LogP contribution is 2.23. The first-order chi connectivity index (χ1) is 7.76. The van der Waals surface area contributed by atoms with Crippen molar-refractivity contribution in [1.29, 1.82) is 0 Å². The Morgan fingerprint density at radius 1 is 1.59 bits per heavy atom. The molecule has 0 saturated carbocycles. The summed E-state index contributed by atoms with van der Waals surface area (Å²) in [6, 6.07) is 0. The van der Waals surface area contributed by atoms with Crippen molar-refractivity contribution in [1.82, 2.24) is 5.32 Å². The number of amides is 1. The molecule has 2 atom stereocenters. The molecular weight excluding hydrogens is 262 g/mol. The van der Waals surface area contributed by atoms with E-state index in [9.17, 15) is 13.2 Å². The van der Waals surface area contributed by atoms with Crippen LogP contribution in [0.2, 0.25) is 0 Å². The monoisotopic (exact) mass is 281 g/mol. The number of hydrogen-bond acceptors (Lipinski definition) is 5. The third kappa shape index (κ3) is 4.85. The van der Waals surface area contributed by atoms with E-state index >= 15 is 0 Å². The van der Waals surface area contributed by atoms with Crippen LogP contribution in [0.5, 0.6) is 0 Å². The molecule has 0 radical (unpaired) electrons. The SMILES string of the molecule is CC(CO)SCC(=O)NC1(C)CCS(=O)(=O)C1. The Labute approximate surface area is 106 Å². The highest BCUT2D eigenvalue weighted by Gasteiger charge is 2.39. The summed E-state index contributed by atoms with van der Waals surface area (Å²) in [7, 11) is -3.00. The second-order valence-electron chi connectivity index (χ2n) is 4.76.